The third-order valence-electron chi connectivity index (χ3n) is 4.59. The zero-order chi connectivity index (χ0) is 17.9. The smallest absolute Gasteiger partial charge is 0.256 e. The Hall–Kier alpha value is -3.34. The quantitative estimate of drug-likeness (QED) is 0.758. The van der Waals surface area contributed by atoms with E-state index >= 15 is 0 Å². The van der Waals surface area contributed by atoms with E-state index in [4.69, 9.17) is 0 Å². The minimum absolute atomic E-state index is 0.0508. The largest absolute Gasteiger partial charge is 0.504 e. The molecule has 2 aromatic carbocycles. The number of benzene rings is 2. The number of carbonyl (C=O) groups is 1. The summed E-state index contributed by atoms with van der Waals surface area (Å²) in [7, 11) is 0. The fourth-order valence-corrected chi connectivity index (χ4v) is 3.23. The lowest BCUT2D eigenvalue weighted by molar-refractivity contribution is 0.102. The van der Waals surface area contributed by atoms with E-state index in [1.54, 1.807) is 18.2 Å². The maximum atomic E-state index is 12.3. The third kappa shape index (κ3) is 3.24. The standard InChI is InChI=1S/C21H19N3O2/c25-19-6-3-12-22-20(19)23-21(26)17-9-7-15(8-10-17)14-24-13-11-16-4-1-2-5-18(16)24/h1-10,12,25H,11,13-14H2,(H,22,23,26). The summed E-state index contributed by atoms with van der Waals surface area (Å²) in [5, 5.41) is 12.3. The lowest BCUT2D eigenvalue weighted by Gasteiger charge is -2.19. The highest BCUT2D eigenvalue weighted by atomic mass is 16.3. The molecule has 1 aliphatic heterocycles. The van der Waals surface area contributed by atoms with Gasteiger partial charge in [-0.3, -0.25) is 4.79 Å². The van der Waals surface area contributed by atoms with Gasteiger partial charge >= 0.3 is 0 Å². The van der Waals surface area contributed by atoms with Gasteiger partial charge in [-0.15, -0.1) is 0 Å². The molecule has 0 unspecified atom stereocenters. The second kappa shape index (κ2) is 6.88. The van der Waals surface area contributed by atoms with Crippen LogP contribution >= 0.6 is 0 Å². The van der Waals surface area contributed by atoms with Crippen molar-refractivity contribution in [3.63, 3.8) is 0 Å². The number of pyridine rings is 1. The molecule has 130 valence electrons. The van der Waals surface area contributed by atoms with Crippen molar-refractivity contribution in [1.29, 1.82) is 0 Å². The molecule has 1 aromatic heterocycles. The number of hydrogen-bond donors (Lipinski definition) is 2. The first-order chi connectivity index (χ1) is 12.7. The molecule has 0 aliphatic carbocycles. The number of hydrogen-bond acceptors (Lipinski definition) is 4. The van der Waals surface area contributed by atoms with E-state index in [2.05, 4.69) is 39.5 Å². The summed E-state index contributed by atoms with van der Waals surface area (Å²) in [5.74, 6) is -0.183. The Morgan fingerprint density at radius 2 is 1.88 bits per heavy atom. The lowest BCUT2D eigenvalue weighted by Crippen LogP contribution is -2.19. The number of anilines is 2. The van der Waals surface area contributed by atoms with Crippen molar-refractivity contribution in [1.82, 2.24) is 4.98 Å². The van der Waals surface area contributed by atoms with Crippen LogP contribution in [0.2, 0.25) is 0 Å². The third-order valence-corrected chi connectivity index (χ3v) is 4.59. The van der Waals surface area contributed by atoms with Gasteiger partial charge in [0, 0.05) is 30.5 Å². The van der Waals surface area contributed by atoms with Crippen LogP contribution in [0.4, 0.5) is 11.5 Å². The molecule has 0 atom stereocenters. The van der Waals surface area contributed by atoms with Crippen molar-refractivity contribution >= 4 is 17.4 Å². The Morgan fingerprint density at radius 3 is 2.69 bits per heavy atom. The fraction of sp³-hybridized carbons (Fsp3) is 0.143. The maximum absolute atomic E-state index is 12.3. The summed E-state index contributed by atoms with van der Waals surface area (Å²) in [6.45, 7) is 1.83. The Kier molecular flexibility index (Phi) is 4.27. The number of fused-ring (bicyclic) bond motifs is 1. The highest BCUT2D eigenvalue weighted by Crippen LogP contribution is 2.28. The molecule has 2 N–H and O–H groups in total. The van der Waals surface area contributed by atoms with Crippen LogP contribution in [0.15, 0.2) is 66.9 Å². The summed E-state index contributed by atoms with van der Waals surface area (Å²) < 4.78 is 0. The van der Waals surface area contributed by atoms with Crippen LogP contribution in [-0.2, 0) is 13.0 Å². The molecule has 0 saturated heterocycles. The summed E-state index contributed by atoms with van der Waals surface area (Å²) in [4.78, 5) is 18.6. The Bertz CT molecular complexity index is 938. The van der Waals surface area contributed by atoms with E-state index in [9.17, 15) is 9.90 Å². The van der Waals surface area contributed by atoms with E-state index in [1.165, 1.54) is 23.5 Å². The van der Waals surface area contributed by atoms with Crippen molar-refractivity contribution in [2.75, 3.05) is 16.8 Å². The molecule has 3 aromatic rings. The van der Waals surface area contributed by atoms with Gasteiger partial charge in [0.05, 0.1) is 0 Å². The molecule has 0 spiro atoms. The van der Waals surface area contributed by atoms with Gasteiger partial charge in [-0.2, -0.15) is 0 Å². The number of aromatic hydroxyl groups is 1. The van der Waals surface area contributed by atoms with Gasteiger partial charge in [0.2, 0.25) is 0 Å². The van der Waals surface area contributed by atoms with Gasteiger partial charge in [-0.1, -0.05) is 30.3 Å². The highest BCUT2D eigenvalue weighted by molar-refractivity contribution is 6.04. The number of para-hydroxylation sites is 1. The van der Waals surface area contributed by atoms with E-state index in [0.717, 1.165) is 25.1 Å². The predicted molar refractivity (Wildman–Crippen MR) is 101 cm³/mol. The first kappa shape index (κ1) is 16.1. The lowest BCUT2D eigenvalue weighted by atomic mass is 10.1. The zero-order valence-corrected chi connectivity index (χ0v) is 14.2. The highest BCUT2D eigenvalue weighted by Gasteiger charge is 2.18. The number of rotatable bonds is 4. The number of aromatic nitrogens is 1. The van der Waals surface area contributed by atoms with E-state index < -0.39 is 0 Å². The fourth-order valence-electron chi connectivity index (χ4n) is 3.23. The summed E-state index contributed by atoms with van der Waals surface area (Å²) in [6, 6.07) is 19.1. The van der Waals surface area contributed by atoms with Crippen LogP contribution in [0.1, 0.15) is 21.5 Å². The Morgan fingerprint density at radius 1 is 1.08 bits per heavy atom. The molecule has 0 fully saturated rings. The molecule has 2 heterocycles. The van der Waals surface area contributed by atoms with E-state index in [-0.39, 0.29) is 17.5 Å². The topological polar surface area (TPSA) is 65.5 Å². The van der Waals surface area contributed by atoms with Crippen LogP contribution < -0.4 is 10.2 Å². The minimum Gasteiger partial charge on any atom is -0.504 e. The van der Waals surface area contributed by atoms with Gasteiger partial charge < -0.3 is 15.3 Å². The maximum Gasteiger partial charge on any atom is 0.256 e. The van der Waals surface area contributed by atoms with Crippen molar-refractivity contribution in [3.8, 4) is 5.75 Å². The summed E-state index contributed by atoms with van der Waals surface area (Å²) >= 11 is 0. The van der Waals surface area contributed by atoms with Crippen LogP contribution in [0.3, 0.4) is 0 Å². The van der Waals surface area contributed by atoms with Gasteiger partial charge in [-0.05, 0) is 47.9 Å². The summed E-state index contributed by atoms with van der Waals surface area (Å²) in [6.07, 6.45) is 2.59. The SMILES string of the molecule is O=C(Nc1ncccc1O)c1ccc(CN2CCc3ccccc32)cc1. The number of nitrogens with one attached hydrogen (secondary N) is 1. The molecule has 0 bridgehead atoms. The number of amides is 1. The van der Waals surface area contributed by atoms with Gasteiger partial charge in [0.25, 0.3) is 5.91 Å². The van der Waals surface area contributed by atoms with E-state index in [0.29, 0.717) is 5.56 Å². The normalized spacial score (nSPS) is 12.7. The molecule has 5 heteroatoms. The first-order valence-electron chi connectivity index (χ1n) is 8.58. The van der Waals surface area contributed by atoms with Gasteiger partial charge in [0.1, 0.15) is 0 Å². The average Bonchev–Trinajstić information content (AvgIpc) is 3.07. The number of carbonyl (C=O) groups excluding carboxylic acids is 1. The Balaban J connectivity index is 1.44. The molecule has 4 rings (SSSR count). The Labute approximate surface area is 151 Å². The van der Waals surface area contributed by atoms with Gasteiger partial charge in [0.15, 0.2) is 11.6 Å². The molecule has 1 amide bonds. The molecular formula is C21H19N3O2. The minimum atomic E-state index is -0.294. The average molecular weight is 345 g/mol. The molecule has 1 aliphatic rings. The monoisotopic (exact) mass is 345 g/mol. The second-order valence-corrected chi connectivity index (χ2v) is 6.32. The van der Waals surface area contributed by atoms with Crippen LogP contribution in [0.5, 0.6) is 5.75 Å². The molecule has 0 saturated carbocycles. The second-order valence-electron chi connectivity index (χ2n) is 6.32. The van der Waals surface area contributed by atoms with Crippen molar-refractivity contribution in [3.05, 3.63) is 83.6 Å². The molecule has 5 nitrogen and oxygen atoms in total. The van der Waals surface area contributed by atoms with Crippen molar-refractivity contribution in [2.24, 2.45) is 0 Å². The predicted octanol–water partition coefficient (Wildman–Crippen LogP) is 3.60. The van der Waals surface area contributed by atoms with Crippen molar-refractivity contribution in [2.45, 2.75) is 13.0 Å². The number of nitrogens with zero attached hydrogens (tertiary/aromatic N) is 2. The van der Waals surface area contributed by atoms with Crippen LogP contribution in [0.25, 0.3) is 0 Å². The molecular weight excluding hydrogens is 326 g/mol. The summed E-state index contributed by atoms with van der Waals surface area (Å²) in [5.41, 5.74) is 4.36. The van der Waals surface area contributed by atoms with Crippen molar-refractivity contribution < 1.29 is 9.90 Å². The first-order valence-corrected chi connectivity index (χ1v) is 8.58. The molecule has 0 radical (unpaired) electrons. The van der Waals surface area contributed by atoms with Crippen LogP contribution in [-0.4, -0.2) is 22.5 Å². The van der Waals surface area contributed by atoms with Crippen LogP contribution in [0, 0.1) is 0 Å². The van der Waals surface area contributed by atoms with Gasteiger partial charge in [-0.25, -0.2) is 4.98 Å². The van der Waals surface area contributed by atoms with E-state index in [1.807, 2.05) is 12.1 Å². The molecule has 26 heavy (non-hydrogen) atoms. The zero-order valence-electron chi connectivity index (χ0n) is 14.2.